The van der Waals surface area contributed by atoms with Crippen molar-refractivity contribution < 1.29 is 13.9 Å². The Morgan fingerprint density at radius 2 is 2.10 bits per heavy atom. The number of amides is 1. The van der Waals surface area contributed by atoms with E-state index in [0.717, 1.165) is 32.1 Å². The number of halogens is 1. The van der Waals surface area contributed by atoms with Crippen LogP contribution in [0.4, 0.5) is 4.39 Å². The lowest BCUT2D eigenvalue weighted by atomic mass is 9.82. The van der Waals surface area contributed by atoms with Gasteiger partial charge in [0.1, 0.15) is 18.2 Å². The van der Waals surface area contributed by atoms with Gasteiger partial charge >= 0.3 is 0 Å². The van der Waals surface area contributed by atoms with Crippen molar-refractivity contribution in [2.75, 3.05) is 13.2 Å². The van der Waals surface area contributed by atoms with Crippen molar-refractivity contribution in [1.82, 2.24) is 5.32 Å². The fourth-order valence-electron chi connectivity index (χ4n) is 2.48. The van der Waals surface area contributed by atoms with Gasteiger partial charge in [0.05, 0.1) is 12.1 Å². The van der Waals surface area contributed by atoms with Gasteiger partial charge in [-0.2, -0.15) is 0 Å². The van der Waals surface area contributed by atoms with Gasteiger partial charge in [0.15, 0.2) is 0 Å². The minimum Gasteiger partial charge on any atom is -0.492 e. The first-order valence-corrected chi connectivity index (χ1v) is 7.06. The lowest BCUT2D eigenvalue weighted by Crippen LogP contribution is -2.55. The number of hydrogen-bond donors (Lipinski definition) is 2. The average Bonchev–Trinajstić information content (AvgIpc) is 2.44. The molecule has 1 amide bonds. The zero-order chi connectivity index (χ0) is 14.4. The molecule has 0 atom stereocenters. The van der Waals surface area contributed by atoms with E-state index in [1.807, 2.05) is 0 Å². The molecule has 0 radical (unpaired) electrons. The van der Waals surface area contributed by atoms with E-state index in [-0.39, 0.29) is 11.7 Å². The maximum atomic E-state index is 12.9. The maximum Gasteiger partial charge on any atom is 0.240 e. The van der Waals surface area contributed by atoms with Gasteiger partial charge in [-0.05, 0) is 25.0 Å². The summed E-state index contributed by atoms with van der Waals surface area (Å²) in [7, 11) is 0. The first-order chi connectivity index (χ1) is 9.60. The van der Waals surface area contributed by atoms with E-state index in [0.29, 0.717) is 18.9 Å². The summed E-state index contributed by atoms with van der Waals surface area (Å²) in [6.45, 7) is 0.666. The van der Waals surface area contributed by atoms with Crippen LogP contribution >= 0.6 is 0 Å². The van der Waals surface area contributed by atoms with E-state index in [4.69, 9.17) is 10.5 Å². The second-order valence-corrected chi connectivity index (χ2v) is 5.28. The predicted molar refractivity (Wildman–Crippen MR) is 74.9 cm³/mol. The second kappa shape index (κ2) is 6.70. The van der Waals surface area contributed by atoms with Crippen LogP contribution in [-0.4, -0.2) is 24.6 Å². The second-order valence-electron chi connectivity index (χ2n) is 5.28. The van der Waals surface area contributed by atoms with Crippen molar-refractivity contribution >= 4 is 5.91 Å². The highest BCUT2D eigenvalue weighted by Gasteiger charge is 2.34. The van der Waals surface area contributed by atoms with Crippen LogP contribution in [0.5, 0.6) is 5.75 Å². The number of carbonyl (C=O) groups excluding carboxylic acids is 1. The number of hydrogen-bond acceptors (Lipinski definition) is 3. The average molecular weight is 280 g/mol. The normalized spacial score (nSPS) is 17.5. The van der Waals surface area contributed by atoms with Crippen LogP contribution in [0.3, 0.4) is 0 Å². The Hall–Kier alpha value is -1.62. The van der Waals surface area contributed by atoms with E-state index in [9.17, 15) is 9.18 Å². The molecule has 0 spiro atoms. The van der Waals surface area contributed by atoms with E-state index in [1.165, 1.54) is 12.1 Å². The molecule has 0 aliphatic heterocycles. The molecule has 2 rings (SSSR count). The zero-order valence-electron chi connectivity index (χ0n) is 11.5. The third-order valence-corrected chi connectivity index (χ3v) is 3.65. The summed E-state index contributed by atoms with van der Waals surface area (Å²) in [4.78, 5) is 12.0. The quantitative estimate of drug-likeness (QED) is 0.811. The Labute approximate surface area is 118 Å². The fourth-order valence-corrected chi connectivity index (χ4v) is 2.48. The van der Waals surface area contributed by atoms with Crippen LogP contribution in [0.25, 0.3) is 0 Å². The molecule has 1 aromatic rings. The predicted octanol–water partition coefficient (Wildman–Crippen LogP) is 1.98. The van der Waals surface area contributed by atoms with Crippen LogP contribution in [0, 0.1) is 5.82 Å². The first-order valence-electron chi connectivity index (χ1n) is 7.06. The largest absolute Gasteiger partial charge is 0.492 e. The van der Waals surface area contributed by atoms with E-state index in [1.54, 1.807) is 12.1 Å². The molecule has 0 saturated heterocycles. The molecule has 4 nitrogen and oxygen atoms in total. The number of benzene rings is 1. The summed E-state index contributed by atoms with van der Waals surface area (Å²) < 4.78 is 18.3. The van der Waals surface area contributed by atoms with E-state index < -0.39 is 5.54 Å². The molecule has 0 heterocycles. The summed E-state index contributed by atoms with van der Waals surface area (Å²) in [5.41, 5.74) is 5.39. The molecule has 1 fully saturated rings. The molecular formula is C15H21FN2O2. The smallest absolute Gasteiger partial charge is 0.240 e. The first kappa shape index (κ1) is 14.8. The van der Waals surface area contributed by atoms with Gasteiger partial charge in [-0.15, -0.1) is 0 Å². The van der Waals surface area contributed by atoms with Gasteiger partial charge in [0.25, 0.3) is 0 Å². The van der Waals surface area contributed by atoms with Crippen LogP contribution in [-0.2, 0) is 4.79 Å². The fraction of sp³-hybridized carbons (Fsp3) is 0.533. The van der Waals surface area contributed by atoms with Gasteiger partial charge < -0.3 is 15.8 Å². The van der Waals surface area contributed by atoms with Gasteiger partial charge in [-0.25, -0.2) is 4.39 Å². The molecule has 0 unspecified atom stereocenters. The number of nitrogens with two attached hydrogens (primary N) is 1. The number of rotatable bonds is 5. The maximum absolute atomic E-state index is 12.9. The lowest BCUT2D eigenvalue weighted by molar-refractivity contribution is -0.127. The van der Waals surface area contributed by atoms with Crippen molar-refractivity contribution in [1.29, 1.82) is 0 Å². The van der Waals surface area contributed by atoms with Crippen LogP contribution in [0.1, 0.15) is 32.1 Å². The summed E-state index contributed by atoms with van der Waals surface area (Å²) in [6, 6.07) is 5.93. The molecule has 0 bridgehead atoms. The number of nitrogens with one attached hydrogen (secondary N) is 1. The Balaban J connectivity index is 1.71. The molecule has 1 saturated carbocycles. The Morgan fingerprint density at radius 3 is 2.80 bits per heavy atom. The molecule has 1 aliphatic carbocycles. The minimum atomic E-state index is -0.725. The van der Waals surface area contributed by atoms with Crippen LogP contribution in [0.15, 0.2) is 24.3 Å². The summed E-state index contributed by atoms with van der Waals surface area (Å²) in [5, 5.41) is 2.80. The summed E-state index contributed by atoms with van der Waals surface area (Å²) >= 11 is 0. The third kappa shape index (κ3) is 3.93. The van der Waals surface area contributed by atoms with Crippen LogP contribution in [0.2, 0.25) is 0 Å². The Bertz CT molecular complexity index is 459. The van der Waals surface area contributed by atoms with Gasteiger partial charge in [0, 0.05) is 6.07 Å². The third-order valence-electron chi connectivity index (χ3n) is 3.65. The molecule has 1 aromatic carbocycles. The number of carbonyl (C=O) groups is 1. The molecule has 3 N–H and O–H groups in total. The lowest BCUT2D eigenvalue weighted by Gasteiger charge is -2.31. The summed E-state index contributed by atoms with van der Waals surface area (Å²) in [6.07, 6.45) is 4.63. The SMILES string of the molecule is NC1(C(=O)NCCOc2cccc(F)c2)CCCCC1. The minimum absolute atomic E-state index is 0.111. The molecule has 1 aliphatic rings. The Morgan fingerprint density at radius 1 is 1.35 bits per heavy atom. The van der Waals surface area contributed by atoms with Gasteiger partial charge in [-0.1, -0.05) is 25.3 Å². The van der Waals surface area contributed by atoms with E-state index >= 15 is 0 Å². The highest BCUT2D eigenvalue weighted by atomic mass is 19.1. The van der Waals surface area contributed by atoms with Crippen molar-refractivity contribution in [3.63, 3.8) is 0 Å². The highest BCUT2D eigenvalue weighted by Crippen LogP contribution is 2.25. The summed E-state index contributed by atoms with van der Waals surface area (Å²) in [5.74, 6) is 0.00840. The van der Waals surface area contributed by atoms with Crippen molar-refractivity contribution in [2.45, 2.75) is 37.6 Å². The molecule has 110 valence electrons. The van der Waals surface area contributed by atoms with Gasteiger partial charge in [0.2, 0.25) is 5.91 Å². The highest BCUT2D eigenvalue weighted by molar-refractivity contribution is 5.86. The molecule has 0 aromatic heterocycles. The van der Waals surface area contributed by atoms with Gasteiger partial charge in [-0.3, -0.25) is 4.79 Å². The molecule has 5 heteroatoms. The molecule has 20 heavy (non-hydrogen) atoms. The standard InChI is InChI=1S/C15H21FN2O2/c16-12-5-4-6-13(11-12)20-10-9-18-14(19)15(17)7-2-1-3-8-15/h4-6,11H,1-3,7-10,17H2,(H,18,19). The molecular weight excluding hydrogens is 259 g/mol. The topological polar surface area (TPSA) is 64.4 Å². The van der Waals surface area contributed by atoms with Crippen molar-refractivity contribution in [3.8, 4) is 5.75 Å². The van der Waals surface area contributed by atoms with Crippen LogP contribution < -0.4 is 15.8 Å². The van der Waals surface area contributed by atoms with Crippen molar-refractivity contribution in [2.24, 2.45) is 5.73 Å². The number of ether oxygens (including phenoxy) is 1. The Kier molecular flexibility index (Phi) is 4.95. The van der Waals surface area contributed by atoms with Crippen molar-refractivity contribution in [3.05, 3.63) is 30.1 Å². The zero-order valence-corrected chi connectivity index (χ0v) is 11.5. The van der Waals surface area contributed by atoms with E-state index in [2.05, 4.69) is 5.32 Å². The monoisotopic (exact) mass is 280 g/mol.